The van der Waals surface area contributed by atoms with Crippen LogP contribution in [0.2, 0.25) is 0 Å². The molecule has 0 bridgehead atoms. The van der Waals surface area contributed by atoms with Crippen molar-refractivity contribution >= 4 is 11.8 Å². The number of carbonyl (C=O) groups excluding carboxylic acids is 2. The first kappa shape index (κ1) is 17.0. The van der Waals surface area contributed by atoms with Gasteiger partial charge in [-0.1, -0.05) is 49.6 Å². The third kappa shape index (κ3) is 3.47. The number of nitrogens with one attached hydrogen (secondary N) is 1. The number of hydrogen-bond acceptors (Lipinski definition) is 2. The van der Waals surface area contributed by atoms with Crippen molar-refractivity contribution in [1.82, 2.24) is 10.2 Å². The third-order valence-electron chi connectivity index (χ3n) is 5.76. The van der Waals surface area contributed by atoms with Gasteiger partial charge in [-0.15, -0.1) is 0 Å². The first-order valence-electron chi connectivity index (χ1n) is 9.23. The second-order valence-electron chi connectivity index (χ2n) is 7.30. The molecule has 1 aliphatic carbocycles. The summed E-state index contributed by atoms with van der Waals surface area (Å²) in [5.41, 5.74) is 1.38. The maximum atomic E-state index is 12.7. The Bertz CT molecular complexity index is 579. The average Bonchev–Trinajstić information content (AvgIpc) is 3.11. The van der Waals surface area contributed by atoms with Gasteiger partial charge in [-0.25, -0.2) is 0 Å². The van der Waals surface area contributed by atoms with Gasteiger partial charge in [0.25, 0.3) is 0 Å². The number of likely N-dealkylation sites (tertiary alicyclic amines) is 1. The highest BCUT2D eigenvalue weighted by Crippen LogP contribution is 2.39. The lowest BCUT2D eigenvalue weighted by Gasteiger charge is -2.38. The molecular weight excluding hydrogens is 300 g/mol. The summed E-state index contributed by atoms with van der Waals surface area (Å²) >= 11 is 0. The number of benzene rings is 1. The Morgan fingerprint density at radius 2 is 1.83 bits per heavy atom. The Kier molecular flexibility index (Phi) is 5.22. The Morgan fingerprint density at radius 1 is 1.12 bits per heavy atom. The van der Waals surface area contributed by atoms with E-state index in [4.69, 9.17) is 0 Å². The molecule has 1 aromatic rings. The monoisotopic (exact) mass is 328 g/mol. The molecule has 2 amide bonds. The minimum atomic E-state index is -0.279. The van der Waals surface area contributed by atoms with Gasteiger partial charge in [0.05, 0.1) is 0 Å². The maximum absolute atomic E-state index is 12.7. The molecular formula is C20H28N2O2. The average molecular weight is 328 g/mol. The molecule has 1 aromatic carbocycles. The molecule has 1 atom stereocenters. The van der Waals surface area contributed by atoms with Gasteiger partial charge in [-0.05, 0) is 31.2 Å². The molecule has 24 heavy (non-hydrogen) atoms. The number of amides is 2. The van der Waals surface area contributed by atoms with Crippen LogP contribution in [0.25, 0.3) is 0 Å². The Labute approximate surface area is 144 Å². The van der Waals surface area contributed by atoms with Gasteiger partial charge >= 0.3 is 0 Å². The van der Waals surface area contributed by atoms with Crippen molar-refractivity contribution in [2.45, 2.75) is 63.3 Å². The molecule has 0 radical (unpaired) electrons. The summed E-state index contributed by atoms with van der Waals surface area (Å²) in [6, 6.07) is 10.3. The van der Waals surface area contributed by atoms with Crippen molar-refractivity contribution in [2.75, 3.05) is 13.1 Å². The van der Waals surface area contributed by atoms with E-state index in [0.29, 0.717) is 13.1 Å². The van der Waals surface area contributed by atoms with E-state index in [1.807, 2.05) is 6.07 Å². The Hall–Kier alpha value is -1.84. The quantitative estimate of drug-likeness (QED) is 0.923. The summed E-state index contributed by atoms with van der Waals surface area (Å²) in [5, 5.41) is 3.19. The lowest BCUT2D eigenvalue weighted by Crippen LogP contribution is -2.49. The fraction of sp³-hybridized carbons (Fsp3) is 0.600. The van der Waals surface area contributed by atoms with Crippen LogP contribution in [-0.2, 0) is 15.0 Å². The smallest absolute Gasteiger partial charge is 0.242 e. The van der Waals surface area contributed by atoms with Gasteiger partial charge in [-0.2, -0.15) is 0 Å². The maximum Gasteiger partial charge on any atom is 0.242 e. The van der Waals surface area contributed by atoms with Crippen molar-refractivity contribution in [3.05, 3.63) is 35.9 Å². The summed E-state index contributed by atoms with van der Waals surface area (Å²) in [6.07, 6.45) is 7.66. The van der Waals surface area contributed by atoms with E-state index >= 15 is 0 Å². The van der Waals surface area contributed by atoms with Crippen LogP contribution in [0.4, 0.5) is 0 Å². The molecule has 1 saturated heterocycles. The van der Waals surface area contributed by atoms with Gasteiger partial charge in [-0.3, -0.25) is 9.59 Å². The van der Waals surface area contributed by atoms with E-state index in [1.54, 1.807) is 11.8 Å². The highest BCUT2D eigenvalue weighted by atomic mass is 16.2. The van der Waals surface area contributed by atoms with Crippen LogP contribution in [0.3, 0.4) is 0 Å². The summed E-state index contributed by atoms with van der Waals surface area (Å²) < 4.78 is 0. The first-order chi connectivity index (χ1) is 11.6. The van der Waals surface area contributed by atoms with Crippen LogP contribution in [-0.4, -0.2) is 35.8 Å². The van der Waals surface area contributed by atoms with Crippen molar-refractivity contribution in [2.24, 2.45) is 0 Å². The van der Waals surface area contributed by atoms with Gasteiger partial charge in [0.15, 0.2) is 0 Å². The van der Waals surface area contributed by atoms with Gasteiger partial charge in [0, 0.05) is 25.4 Å². The van der Waals surface area contributed by atoms with Crippen molar-refractivity contribution in [3.8, 4) is 0 Å². The second-order valence-corrected chi connectivity index (χ2v) is 7.30. The Morgan fingerprint density at radius 3 is 2.50 bits per heavy atom. The van der Waals surface area contributed by atoms with E-state index in [9.17, 15) is 9.59 Å². The minimum Gasteiger partial charge on any atom is -0.353 e. The van der Waals surface area contributed by atoms with Crippen molar-refractivity contribution in [1.29, 1.82) is 0 Å². The standard InChI is InChI=1S/C20H28N2O2/c1-16(23)22-14-8-11-18(22)19(24)21-15-20(12-6-3-7-13-20)17-9-4-2-5-10-17/h2,4-5,9-10,18H,3,6-8,11-15H2,1H3,(H,21,24). The molecule has 1 N–H and O–H groups in total. The van der Waals surface area contributed by atoms with E-state index in [0.717, 1.165) is 25.7 Å². The lowest BCUT2D eigenvalue weighted by molar-refractivity contribution is -0.137. The number of nitrogens with zero attached hydrogens (tertiary/aromatic N) is 1. The fourth-order valence-corrected chi connectivity index (χ4v) is 4.38. The van der Waals surface area contributed by atoms with Gasteiger partial charge < -0.3 is 10.2 Å². The molecule has 0 spiro atoms. The number of rotatable bonds is 4. The normalized spacial score (nSPS) is 23.0. The van der Waals surface area contributed by atoms with Crippen LogP contribution in [0.15, 0.2) is 30.3 Å². The predicted molar refractivity (Wildman–Crippen MR) is 94.6 cm³/mol. The molecule has 1 unspecified atom stereocenters. The van der Waals surface area contributed by atoms with Crippen LogP contribution in [0.1, 0.15) is 57.4 Å². The predicted octanol–water partition coefficient (Wildman–Crippen LogP) is 3.02. The summed E-state index contributed by atoms with van der Waals surface area (Å²) in [5.74, 6) is 0.0201. The number of carbonyl (C=O) groups is 2. The summed E-state index contributed by atoms with van der Waals surface area (Å²) in [7, 11) is 0. The zero-order chi connectivity index (χ0) is 17.0. The molecule has 1 aliphatic heterocycles. The van der Waals surface area contributed by atoms with Crippen LogP contribution >= 0.6 is 0 Å². The second kappa shape index (κ2) is 7.37. The van der Waals surface area contributed by atoms with Crippen LogP contribution in [0.5, 0.6) is 0 Å². The molecule has 2 fully saturated rings. The van der Waals surface area contributed by atoms with E-state index in [2.05, 4.69) is 29.6 Å². The molecule has 0 aromatic heterocycles. The first-order valence-corrected chi connectivity index (χ1v) is 9.23. The number of hydrogen-bond donors (Lipinski definition) is 1. The highest BCUT2D eigenvalue weighted by molar-refractivity contribution is 5.87. The molecule has 3 rings (SSSR count). The molecule has 2 aliphatic rings. The van der Waals surface area contributed by atoms with E-state index in [-0.39, 0.29) is 23.3 Å². The van der Waals surface area contributed by atoms with Crippen molar-refractivity contribution in [3.63, 3.8) is 0 Å². The van der Waals surface area contributed by atoms with Gasteiger partial charge in [0.1, 0.15) is 6.04 Å². The SMILES string of the molecule is CC(=O)N1CCCC1C(=O)NCC1(c2ccccc2)CCCCC1. The minimum absolute atomic E-state index is 0.00286. The van der Waals surface area contributed by atoms with E-state index in [1.165, 1.54) is 24.8 Å². The molecule has 4 nitrogen and oxygen atoms in total. The summed E-state index contributed by atoms with van der Waals surface area (Å²) in [6.45, 7) is 2.94. The molecule has 130 valence electrons. The largest absolute Gasteiger partial charge is 0.353 e. The third-order valence-corrected chi connectivity index (χ3v) is 5.76. The van der Waals surface area contributed by atoms with Crippen LogP contribution in [0, 0.1) is 0 Å². The zero-order valence-corrected chi connectivity index (χ0v) is 14.6. The topological polar surface area (TPSA) is 49.4 Å². The molecule has 1 saturated carbocycles. The molecule has 1 heterocycles. The van der Waals surface area contributed by atoms with Crippen LogP contribution < -0.4 is 5.32 Å². The Balaban J connectivity index is 1.70. The fourth-order valence-electron chi connectivity index (χ4n) is 4.38. The van der Waals surface area contributed by atoms with Crippen molar-refractivity contribution < 1.29 is 9.59 Å². The zero-order valence-electron chi connectivity index (χ0n) is 14.6. The summed E-state index contributed by atoms with van der Waals surface area (Å²) in [4.78, 5) is 26.1. The van der Waals surface area contributed by atoms with Gasteiger partial charge in [0.2, 0.25) is 11.8 Å². The molecule has 4 heteroatoms. The highest BCUT2D eigenvalue weighted by Gasteiger charge is 2.37. The van der Waals surface area contributed by atoms with E-state index < -0.39 is 0 Å². The lowest BCUT2D eigenvalue weighted by atomic mass is 9.69.